The zero-order valence-electron chi connectivity index (χ0n) is 13.8. The summed E-state index contributed by atoms with van der Waals surface area (Å²) in [5, 5.41) is 13.7. The van der Waals surface area contributed by atoms with Gasteiger partial charge in [-0.05, 0) is 30.3 Å². The Kier molecular flexibility index (Phi) is 3.78. The molecule has 2 aromatic carbocycles. The molecule has 0 saturated heterocycles. The molecule has 0 atom stereocenters. The third kappa shape index (κ3) is 2.86. The minimum absolute atomic E-state index is 0.0873. The van der Waals surface area contributed by atoms with Crippen molar-refractivity contribution in [1.29, 1.82) is 5.26 Å². The van der Waals surface area contributed by atoms with Crippen molar-refractivity contribution in [2.45, 2.75) is 6.18 Å². The van der Waals surface area contributed by atoms with Gasteiger partial charge in [-0.25, -0.2) is 4.98 Å². The number of alkyl halides is 3. The molecule has 136 valence electrons. The van der Waals surface area contributed by atoms with Crippen LogP contribution in [0.3, 0.4) is 0 Å². The number of hydrogen-bond acceptors (Lipinski definition) is 3. The number of H-pyrrole nitrogens is 1. The highest BCUT2D eigenvalue weighted by molar-refractivity contribution is 6.31. The maximum Gasteiger partial charge on any atom is 0.416 e. The third-order valence-electron chi connectivity index (χ3n) is 4.31. The van der Waals surface area contributed by atoms with Crippen LogP contribution in [0.15, 0.2) is 36.5 Å². The second kappa shape index (κ2) is 5.93. The summed E-state index contributed by atoms with van der Waals surface area (Å²) in [5.74, 6) is 0.307. The van der Waals surface area contributed by atoms with Crippen LogP contribution in [0, 0.1) is 11.3 Å². The molecule has 4 rings (SSSR count). The summed E-state index contributed by atoms with van der Waals surface area (Å²) in [6.45, 7) is 0. The maximum absolute atomic E-state index is 13.1. The van der Waals surface area contributed by atoms with Crippen molar-refractivity contribution < 1.29 is 13.2 Å². The molecule has 9 heteroatoms. The van der Waals surface area contributed by atoms with E-state index < -0.39 is 11.7 Å². The predicted octanol–water partition coefficient (Wildman–Crippen LogP) is 5.34. The molecule has 4 aromatic rings. The number of aromatic nitrogens is 3. The summed E-state index contributed by atoms with van der Waals surface area (Å²) < 4.78 is 40.8. The summed E-state index contributed by atoms with van der Waals surface area (Å²) in [7, 11) is 1.63. The number of aryl methyl sites for hydroxylation is 1. The van der Waals surface area contributed by atoms with Gasteiger partial charge in [0.25, 0.3) is 0 Å². The van der Waals surface area contributed by atoms with E-state index in [0.29, 0.717) is 22.2 Å². The number of halogens is 4. The number of imidazole rings is 1. The van der Waals surface area contributed by atoms with Gasteiger partial charge >= 0.3 is 6.18 Å². The lowest BCUT2D eigenvalue weighted by Gasteiger charge is -2.08. The van der Waals surface area contributed by atoms with Gasteiger partial charge in [-0.1, -0.05) is 11.6 Å². The number of rotatable bonds is 2. The van der Waals surface area contributed by atoms with Crippen LogP contribution in [0.1, 0.15) is 11.1 Å². The number of benzene rings is 2. The molecular weight excluding hydrogens is 379 g/mol. The molecule has 0 aliphatic heterocycles. The molecule has 2 aromatic heterocycles. The molecule has 0 bridgehead atoms. The molecule has 5 nitrogen and oxygen atoms in total. The number of hydrogen-bond donors (Lipinski definition) is 2. The van der Waals surface area contributed by atoms with Crippen LogP contribution >= 0.6 is 11.6 Å². The zero-order valence-corrected chi connectivity index (χ0v) is 14.6. The maximum atomic E-state index is 13.1. The first-order chi connectivity index (χ1) is 12.8. The Balaban J connectivity index is 1.86. The second-order valence-electron chi connectivity index (χ2n) is 6.01. The third-order valence-corrected chi connectivity index (χ3v) is 4.54. The van der Waals surface area contributed by atoms with E-state index in [9.17, 15) is 18.4 Å². The quantitative estimate of drug-likeness (QED) is 0.486. The predicted molar refractivity (Wildman–Crippen MR) is 97.0 cm³/mol. The minimum atomic E-state index is -4.56. The Morgan fingerprint density at radius 1 is 1.26 bits per heavy atom. The summed E-state index contributed by atoms with van der Waals surface area (Å²) >= 11 is 6.04. The van der Waals surface area contributed by atoms with Gasteiger partial charge in [-0.3, -0.25) is 0 Å². The molecule has 2 N–H and O–H groups in total. The van der Waals surface area contributed by atoms with Gasteiger partial charge in [-0.2, -0.15) is 18.4 Å². The molecule has 0 aliphatic carbocycles. The lowest BCUT2D eigenvalue weighted by Crippen LogP contribution is -2.05. The van der Waals surface area contributed by atoms with Gasteiger partial charge < -0.3 is 14.9 Å². The minimum Gasteiger partial charge on any atom is -0.359 e. The fraction of sp³-hybridized carbons (Fsp3) is 0.111. The Labute approximate surface area is 156 Å². The van der Waals surface area contributed by atoms with Crippen molar-refractivity contribution >= 4 is 45.2 Å². The highest BCUT2D eigenvalue weighted by atomic mass is 35.5. The van der Waals surface area contributed by atoms with Crippen LogP contribution in [0.2, 0.25) is 5.02 Å². The van der Waals surface area contributed by atoms with Gasteiger partial charge in [0.2, 0.25) is 5.95 Å². The first kappa shape index (κ1) is 17.2. The highest BCUT2D eigenvalue weighted by Crippen LogP contribution is 2.35. The van der Waals surface area contributed by atoms with Crippen molar-refractivity contribution in [3.8, 4) is 6.07 Å². The summed E-state index contributed by atoms with van der Waals surface area (Å²) in [6, 6.07) is 8.92. The summed E-state index contributed by atoms with van der Waals surface area (Å²) in [4.78, 5) is 7.33. The van der Waals surface area contributed by atoms with Crippen LogP contribution in [-0.2, 0) is 13.2 Å². The fourth-order valence-corrected chi connectivity index (χ4v) is 3.20. The smallest absolute Gasteiger partial charge is 0.359 e. The van der Waals surface area contributed by atoms with Gasteiger partial charge in [0.15, 0.2) is 0 Å². The molecule has 0 amide bonds. The lowest BCUT2D eigenvalue weighted by atomic mass is 10.1. The molecule has 0 radical (unpaired) electrons. The highest BCUT2D eigenvalue weighted by Gasteiger charge is 2.32. The van der Waals surface area contributed by atoms with Crippen LogP contribution in [0.25, 0.3) is 21.9 Å². The van der Waals surface area contributed by atoms with Crippen LogP contribution in [0.4, 0.5) is 24.8 Å². The normalized spacial score (nSPS) is 11.9. The first-order valence-corrected chi connectivity index (χ1v) is 8.17. The Morgan fingerprint density at radius 3 is 2.74 bits per heavy atom. The van der Waals surface area contributed by atoms with E-state index in [4.69, 9.17) is 11.6 Å². The van der Waals surface area contributed by atoms with Crippen molar-refractivity contribution in [2.24, 2.45) is 7.05 Å². The summed E-state index contributed by atoms with van der Waals surface area (Å²) in [6.07, 6.45) is -2.84. The average Bonchev–Trinajstić information content (AvgIpc) is 3.15. The largest absolute Gasteiger partial charge is 0.416 e. The van der Waals surface area contributed by atoms with Gasteiger partial charge in [0, 0.05) is 29.2 Å². The van der Waals surface area contributed by atoms with E-state index in [1.54, 1.807) is 29.9 Å². The molecule has 0 unspecified atom stereocenters. The van der Waals surface area contributed by atoms with E-state index >= 15 is 0 Å². The zero-order chi connectivity index (χ0) is 19.3. The SMILES string of the molecule is Cn1c(Nc2c[nH]c3ccc(Cl)cc23)nc2cc(C(F)(F)F)cc(C#N)c21. The van der Waals surface area contributed by atoms with Crippen molar-refractivity contribution in [3.63, 3.8) is 0 Å². The molecule has 0 aliphatic rings. The van der Waals surface area contributed by atoms with E-state index in [0.717, 1.165) is 23.0 Å². The Morgan fingerprint density at radius 2 is 2.04 bits per heavy atom. The van der Waals surface area contributed by atoms with Gasteiger partial charge in [-0.15, -0.1) is 0 Å². The Bertz CT molecular complexity index is 1230. The van der Waals surface area contributed by atoms with E-state index in [1.807, 2.05) is 12.1 Å². The standard InChI is InChI=1S/C18H11ClF3N5/c1-27-16-9(7-23)4-10(18(20,21)22)5-14(16)25-17(27)26-15-8-24-13-3-2-11(19)6-12(13)15/h2-6,8,24H,1H3,(H,25,26). The van der Waals surface area contributed by atoms with Crippen LogP contribution < -0.4 is 5.32 Å². The lowest BCUT2D eigenvalue weighted by molar-refractivity contribution is -0.137. The molecule has 0 spiro atoms. The molecule has 0 saturated carbocycles. The molecular formula is C18H11ClF3N5. The van der Waals surface area contributed by atoms with Crippen LogP contribution in [0.5, 0.6) is 0 Å². The van der Waals surface area contributed by atoms with E-state index in [-0.39, 0.29) is 11.1 Å². The van der Waals surface area contributed by atoms with Crippen molar-refractivity contribution in [1.82, 2.24) is 14.5 Å². The first-order valence-electron chi connectivity index (χ1n) is 7.79. The number of nitrogens with one attached hydrogen (secondary N) is 2. The van der Waals surface area contributed by atoms with Gasteiger partial charge in [0.05, 0.1) is 27.8 Å². The fourth-order valence-electron chi connectivity index (χ4n) is 3.03. The Hall–Kier alpha value is -3.18. The molecule has 0 fully saturated rings. The molecule has 2 heterocycles. The van der Waals surface area contributed by atoms with E-state index in [1.165, 1.54) is 0 Å². The number of fused-ring (bicyclic) bond motifs is 2. The number of aromatic amines is 1. The van der Waals surface area contributed by atoms with Gasteiger partial charge in [0.1, 0.15) is 6.07 Å². The monoisotopic (exact) mass is 389 g/mol. The second-order valence-corrected chi connectivity index (χ2v) is 6.45. The van der Waals surface area contributed by atoms with Crippen molar-refractivity contribution in [2.75, 3.05) is 5.32 Å². The average molecular weight is 390 g/mol. The molecule has 27 heavy (non-hydrogen) atoms. The number of anilines is 2. The number of nitriles is 1. The van der Waals surface area contributed by atoms with Crippen molar-refractivity contribution in [3.05, 3.63) is 52.7 Å². The van der Waals surface area contributed by atoms with E-state index in [2.05, 4.69) is 15.3 Å². The topological polar surface area (TPSA) is 69.4 Å². The number of nitrogens with zero attached hydrogens (tertiary/aromatic N) is 3. The summed E-state index contributed by atoms with van der Waals surface area (Å²) in [5.41, 5.74) is 0.924. The van der Waals surface area contributed by atoms with Crippen LogP contribution in [-0.4, -0.2) is 14.5 Å².